The summed E-state index contributed by atoms with van der Waals surface area (Å²) < 4.78 is 4.76. The van der Waals surface area contributed by atoms with Gasteiger partial charge in [-0.2, -0.15) is 0 Å². The van der Waals surface area contributed by atoms with E-state index in [1.807, 2.05) is 12.3 Å². The van der Waals surface area contributed by atoms with Crippen LogP contribution in [0.25, 0.3) is 0 Å². The SMILES string of the molecule is CCNC=CCOC. The average Bonchev–Trinajstić information content (AvgIpc) is 1.81. The van der Waals surface area contributed by atoms with E-state index >= 15 is 0 Å². The maximum atomic E-state index is 4.76. The second-order valence-electron chi connectivity index (χ2n) is 1.42. The van der Waals surface area contributed by atoms with Crippen molar-refractivity contribution in [2.24, 2.45) is 0 Å². The highest BCUT2D eigenvalue weighted by Crippen LogP contribution is 1.68. The van der Waals surface area contributed by atoms with Crippen LogP contribution in [0.2, 0.25) is 0 Å². The van der Waals surface area contributed by atoms with Crippen LogP contribution in [0.5, 0.6) is 0 Å². The van der Waals surface area contributed by atoms with E-state index in [-0.39, 0.29) is 0 Å². The van der Waals surface area contributed by atoms with Gasteiger partial charge in [-0.3, -0.25) is 0 Å². The van der Waals surface area contributed by atoms with E-state index < -0.39 is 0 Å². The van der Waals surface area contributed by atoms with Gasteiger partial charge in [0.15, 0.2) is 0 Å². The molecule has 2 nitrogen and oxygen atoms in total. The van der Waals surface area contributed by atoms with Crippen LogP contribution in [0.3, 0.4) is 0 Å². The highest BCUT2D eigenvalue weighted by atomic mass is 16.5. The molecule has 0 aliphatic rings. The van der Waals surface area contributed by atoms with Crippen molar-refractivity contribution in [1.29, 1.82) is 0 Å². The van der Waals surface area contributed by atoms with Gasteiger partial charge in [0.05, 0.1) is 6.61 Å². The number of methoxy groups -OCH3 is 1. The molecule has 0 atom stereocenters. The maximum Gasteiger partial charge on any atom is 0.0660 e. The van der Waals surface area contributed by atoms with Crippen molar-refractivity contribution in [3.05, 3.63) is 12.3 Å². The lowest BCUT2D eigenvalue weighted by Crippen LogP contribution is -2.01. The van der Waals surface area contributed by atoms with Gasteiger partial charge < -0.3 is 10.1 Å². The molecule has 0 rings (SSSR count). The van der Waals surface area contributed by atoms with E-state index in [0.717, 1.165) is 6.54 Å². The lowest BCUT2D eigenvalue weighted by atomic mass is 10.6. The van der Waals surface area contributed by atoms with Crippen molar-refractivity contribution in [2.75, 3.05) is 20.3 Å². The minimum Gasteiger partial charge on any atom is -0.391 e. The van der Waals surface area contributed by atoms with Crippen molar-refractivity contribution in [2.45, 2.75) is 6.92 Å². The van der Waals surface area contributed by atoms with Gasteiger partial charge >= 0.3 is 0 Å². The van der Waals surface area contributed by atoms with Crippen LogP contribution in [-0.2, 0) is 4.74 Å². The molecule has 0 bridgehead atoms. The quantitative estimate of drug-likeness (QED) is 0.584. The standard InChI is InChI=1S/C6H13NO/c1-3-7-5-4-6-8-2/h4-5,7H,3,6H2,1-2H3. The molecule has 2 heteroatoms. The Morgan fingerprint density at radius 1 is 1.62 bits per heavy atom. The molecular weight excluding hydrogens is 102 g/mol. The Bertz CT molecular complexity index is 53.5. The monoisotopic (exact) mass is 115 g/mol. The van der Waals surface area contributed by atoms with Gasteiger partial charge in [-0.1, -0.05) is 0 Å². The van der Waals surface area contributed by atoms with Gasteiger partial charge in [0, 0.05) is 13.7 Å². The van der Waals surface area contributed by atoms with Gasteiger partial charge in [-0.25, -0.2) is 0 Å². The summed E-state index contributed by atoms with van der Waals surface area (Å²) in [4.78, 5) is 0. The molecule has 0 saturated heterocycles. The highest BCUT2D eigenvalue weighted by molar-refractivity contribution is 4.77. The molecule has 1 N–H and O–H groups in total. The van der Waals surface area contributed by atoms with Crippen LogP contribution in [-0.4, -0.2) is 20.3 Å². The summed E-state index contributed by atoms with van der Waals surface area (Å²) in [7, 11) is 1.68. The largest absolute Gasteiger partial charge is 0.391 e. The smallest absolute Gasteiger partial charge is 0.0660 e. The van der Waals surface area contributed by atoms with E-state index in [4.69, 9.17) is 4.74 Å². The summed E-state index contributed by atoms with van der Waals surface area (Å²) in [6, 6.07) is 0. The van der Waals surface area contributed by atoms with Crippen LogP contribution in [0.15, 0.2) is 12.3 Å². The zero-order valence-corrected chi connectivity index (χ0v) is 5.48. The molecule has 0 radical (unpaired) electrons. The van der Waals surface area contributed by atoms with E-state index in [1.165, 1.54) is 0 Å². The summed E-state index contributed by atoms with van der Waals surface area (Å²) in [6.45, 7) is 3.71. The van der Waals surface area contributed by atoms with Crippen molar-refractivity contribution >= 4 is 0 Å². The first-order valence-electron chi connectivity index (χ1n) is 2.79. The van der Waals surface area contributed by atoms with E-state index in [1.54, 1.807) is 7.11 Å². The normalized spacial score (nSPS) is 10.2. The molecule has 0 unspecified atom stereocenters. The maximum absolute atomic E-state index is 4.76. The Morgan fingerprint density at radius 3 is 2.88 bits per heavy atom. The lowest BCUT2D eigenvalue weighted by molar-refractivity contribution is 0.233. The molecule has 0 heterocycles. The number of nitrogens with one attached hydrogen (secondary N) is 1. The second kappa shape index (κ2) is 6.50. The minimum atomic E-state index is 0.688. The number of ether oxygens (including phenoxy) is 1. The number of hydrogen-bond donors (Lipinski definition) is 1. The molecule has 0 aromatic rings. The number of rotatable bonds is 4. The topological polar surface area (TPSA) is 21.3 Å². The molecule has 0 fully saturated rings. The predicted molar refractivity (Wildman–Crippen MR) is 34.7 cm³/mol. The molecule has 0 saturated carbocycles. The summed E-state index contributed by atoms with van der Waals surface area (Å²) in [5, 5.41) is 3.02. The van der Waals surface area contributed by atoms with Crippen LogP contribution in [0.1, 0.15) is 6.92 Å². The van der Waals surface area contributed by atoms with Crippen molar-refractivity contribution < 1.29 is 4.74 Å². The third-order valence-corrected chi connectivity index (χ3v) is 0.703. The molecule has 0 amide bonds. The number of hydrogen-bond acceptors (Lipinski definition) is 2. The fourth-order valence-electron chi connectivity index (χ4n) is 0.346. The zero-order chi connectivity index (χ0) is 6.24. The van der Waals surface area contributed by atoms with Crippen LogP contribution >= 0.6 is 0 Å². The molecule has 0 aromatic heterocycles. The van der Waals surface area contributed by atoms with Crippen molar-refractivity contribution in [3.8, 4) is 0 Å². The first-order valence-corrected chi connectivity index (χ1v) is 2.79. The Hall–Kier alpha value is -0.500. The zero-order valence-electron chi connectivity index (χ0n) is 5.48. The Labute approximate surface area is 50.5 Å². The average molecular weight is 115 g/mol. The lowest BCUT2D eigenvalue weighted by Gasteiger charge is -1.90. The van der Waals surface area contributed by atoms with Crippen LogP contribution in [0.4, 0.5) is 0 Å². The molecule has 8 heavy (non-hydrogen) atoms. The Morgan fingerprint density at radius 2 is 2.38 bits per heavy atom. The fourth-order valence-corrected chi connectivity index (χ4v) is 0.346. The first-order chi connectivity index (χ1) is 3.91. The highest BCUT2D eigenvalue weighted by Gasteiger charge is 1.68. The fraction of sp³-hybridized carbons (Fsp3) is 0.667. The molecule has 48 valence electrons. The molecule has 0 spiro atoms. The predicted octanol–water partition coefficient (Wildman–Crippen LogP) is 0.756. The summed E-state index contributed by atoms with van der Waals surface area (Å²) in [5.41, 5.74) is 0. The second-order valence-corrected chi connectivity index (χ2v) is 1.42. The van der Waals surface area contributed by atoms with Gasteiger partial charge in [0.2, 0.25) is 0 Å². The molecular formula is C6H13NO. The van der Waals surface area contributed by atoms with Gasteiger partial charge in [-0.15, -0.1) is 0 Å². The van der Waals surface area contributed by atoms with E-state index in [0.29, 0.717) is 6.61 Å². The van der Waals surface area contributed by atoms with E-state index in [2.05, 4.69) is 12.2 Å². The molecule has 0 aliphatic carbocycles. The Balaban J connectivity index is 2.83. The molecule has 0 aliphatic heterocycles. The van der Waals surface area contributed by atoms with Gasteiger partial charge in [-0.05, 0) is 19.2 Å². The van der Waals surface area contributed by atoms with E-state index in [9.17, 15) is 0 Å². The summed E-state index contributed by atoms with van der Waals surface area (Å²) in [5.74, 6) is 0. The van der Waals surface area contributed by atoms with Gasteiger partial charge in [0.25, 0.3) is 0 Å². The Kier molecular flexibility index (Phi) is 6.09. The van der Waals surface area contributed by atoms with Gasteiger partial charge in [0.1, 0.15) is 0 Å². The third kappa shape index (κ3) is 5.50. The first kappa shape index (κ1) is 7.50. The summed E-state index contributed by atoms with van der Waals surface area (Å²) >= 11 is 0. The summed E-state index contributed by atoms with van der Waals surface area (Å²) in [6.07, 6.45) is 3.83. The van der Waals surface area contributed by atoms with Crippen LogP contribution in [0, 0.1) is 0 Å². The van der Waals surface area contributed by atoms with Crippen molar-refractivity contribution in [3.63, 3.8) is 0 Å². The van der Waals surface area contributed by atoms with Crippen LogP contribution < -0.4 is 5.32 Å². The van der Waals surface area contributed by atoms with Crippen molar-refractivity contribution in [1.82, 2.24) is 5.32 Å². The minimum absolute atomic E-state index is 0.688. The molecule has 0 aromatic carbocycles. The third-order valence-electron chi connectivity index (χ3n) is 0.703.